The van der Waals surface area contributed by atoms with Gasteiger partial charge in [0.2, 0.25) is 0 Å². The lowest BCUT2D eigenvalue weighted by Crippen LogP contribution is -2.52. The Hall–Kier alpha value is -3.35. The van der Waals surface area contributed by atoms with E-state index in [0.29, 0.717) is 5.56 Å². The minimum Gasteiger partial charge on any atom is -0.363 e. The average Bonchev–Trinajstić information content (AvgIpc) is 2.71. The number of rotatable bonds is 2. The number of anilines is 1. The van der Waals surface area contributed by atoms with Crippen LogP contribution in [0.1, 0.15) is 11.1 Å². The van der Waals surface area contributed by atoms with Crippen molar-refractivity contribution in [2.45, 2.75) is 6.18 Å². The summed E-state index contributed by atoms with van der Waals surface area (Å²) in [5.74, 6) is 3.83. The fourth-order valence-electron chi connectivity index (χ4n) is 2.96. The Morgan fingerprint density at radius 1 is 1.03 bits per heavy atom. The summed E-state index contributed by atoms with van der Waals surface area (Å²) >= 11 is 0. The molecule has 0 spiro atoms. The first-order valence-electron chi connectivity index (χ1n) is 8.98. The third-order valence-corrected chi connectivity index (χ3v) is 4.48. The van der Waals surface area contributed by atoms with Crippen LogP contribution in [0.25, 0.3) is 0 Å². The number of amides is 2. The van der Waals surface area contributed by atoms with E-state index in [1.807, 2.05) is 0 Å². The maximum atomic E-state index is 13.8. The number of halogens is 5. The third-order valence-electron chi connectivity index (χ3n) is 4.48. The van der Waals surface area contributed by atoms with Crippen molar-refractivity contribution in [3.05, 3.63) is 59.4 Å². The van der Waals surface area contributed by atoms with Crippen LogP contribution < -0.4 is 10.2 Å². The Labute approximate surface area is 169 Å². The molecule has 0 unspecified atom stereocenters. The van der Waals surface area contributed by atoms with Crippen LogP contribution in [0.2, 0.25) is 0 Å². The molecule has 0 radical (unpaired) electrons. The summed E-state index contributed by atoms with van der Waals surface area (Å²) in [5.41, 5.74) is -0.522. The fourth-order valence-corrected chi connectivity index (χ4v) is 2.96. The number of pyridine rings is 1. The van der Waals surface area contributed by atoms with Gasteiger partial charge in [0.25, 0.3) is 0 Å². The van der Waals surface area contributed by atoms with Crippen molar-refractivity contribution in [1.82, 2.24) is 15.2 Å². The molecule has 5 nitrogen and oxygen atoms in total. The quantitative estimate of drug-likeness (QED) is 0.595. The SMILES string of the molecule is O=C(NCC#Cc1ccc(C(F)(F)F)cc1)N1CCN(c2c(F)cncc2F)CC1. The molecule has 2 heterocycles. The molecule has 3 rings (SSSR count). The number of hydrogen-bond acceptors (Lipinski definition) is 3. The molecule has 1 aliphatic heterocycles. The molecule has 158 valence electrons. The van der Waals surface area contributed by atoms with E-state index in [1.54, 1.807) is 0 Å². The highest BCUT2D eigenvalue weighted by Crippen LogP contribution is 2.29. The van der Waals surface area contributed by atoms with Crippen LogP contribution in [0.3, 0.4) is 0 Å². The molecule has 0 saturated carbocycles. The van der Waals surface area contributed by atoms with Crippen molar-refractivity contribution in [3.8, 4) is 11.8 Å². The highest BCUT2D eigenvalue weighted by atomic mass is 19.4. The molecule has 30 heavy (non-hydrogen) atoms. The number of hydrogen-bond donors (Lipinski definition) is 1. The van der Waals surface area contributed by atoms with Gasteiger partial charge in [-0.1, -0.05) is 11.8 Å². The van der Waals surface area contributed by atoms with E-state index in [4.69, 9.17) is 0 Å². The number of piperazine rings is 1. The van der Waals surface area contributed by atoms with Crippen molar-refractivity contribution >= 4 is 11.7 Å². The van der Waals surface area contributed by atoms with E-state index >= 15 is 0 Å². The van der Waals surface area contributed by atoms with Crippen molar-refractivity contribution in [1.29, 1.82) is 0 Å². The van der Waals surface area contributed by atoms with E-state index in [1.165, 1.54) is 21.9 Å². The first kappa shape index (κ1) is 21.4. The summed E-state index contributed by atoms with van der Waals surface area (Å²) in [7, 11) is 0. The largest absolute Gasteiger partial charge is 0.416 e. The second-order valence-corrected chi connectivity index (χ2v) is 6.46. The van der Waals surface area contributed by atoms with E-state index in [0.717, 1.165) is 24.5 Å². The zero-order valence-electron chi connectivity index (χ0n) is 15.6. The number of carbonyl (C=O) groups is 1. The van der Waals surface area contributed by atoms with Gasteiger partial charge in [0.1, 0.15) is 5.69 Å². The van der Waals surface area contributed by atoms with Gasteiger partial charge >= 0.3 is 12.2 Å². The van der Waals surface area contributed by atoms with E-state index in [-0.39, 0.29) is 44.4 Å². The average molecular weight is 424 g/mol. The van der Waals surface area contributed by atoms with Gasteiger partial charge in [0.05, 0.1) is 24.5 Å². The number of nitrogens with one attached hydrogen (secondary N) is 1. The standard InChI is InChI=1S/C20H17F5N4O/c21-16-12-26-13-17(22)18(16)28-8-10-29(11-9-28)19(30)27-7-1-2-14-3-5-15(6-4-14)20(23,24)25/h3-6,12-13H,7-11H2,(H,27,30). The summed E-state index contributed by atoms with van der Waals surface area (Å²) in [6.45, 7) is 1.04. The summed E-state index contributed by atoms with van der Waals surface area (Å²) in [4.78, 5) is 18.6. The molecular weight excluding hydrogens is 407 g/mol. The second kappa shape index (κ2) is 8.98. The zero-order chi connectivity index (χ0) is 21.7. The normalized spacial score (nSPS) is 14.2. The van der Waals surface area contributed by atoms with Crippen molar-refractivity contribution in [3.63, 3.8) is 0 Å². The van der Waals surface area contributed by atoms with Gasteiger partial charge < -0.3 is 15.1 Å². The molecule has 10 heteroatoms. The molecule has 0 bridgehead atoms. The van der Waals surface area contributed by atoms with Crippen molar-refractivity contribution < 1.29 is 26.7 Å². The van der Waals surface area contributed by atoms with Crippen LogP contribution in [0.5, 0.6) is 0 Å². The van der Waals surface area contributed by atoms with Gasteiger partial charge in [-0.05, 0) is 24.3 Å². The molecule has 2 amide bonds. The van der Waals surface area contributed by atoms with Gasteiger partial charge in [-0.2, -0.15) is 13.2 Å². The highest BCUT2D eigenvalue weighted by molar-refractivity contribution is 5.75. The molecular formula is C20H17F5N4O. The van der Waals surface area contributed by atoms with Gasteiger partial charge in [-0.15, -0.1) is 0 Å². The van der Waals surface area contributed by atoms with E-state index in [2.05, 4.69) is 22.1 Å². The van der Waals surface area contributed by atoms with E-state index < -0.39 is 23.4 Å². The molecule has 0 atom stereocenters. The summed E-state index contributed by atoms with van der Waals surface area (Å²) in [6.07, 6.45) is -2.53. The Morgan fingerprint density at radius 3 is 2.20 bits per heavy atom. The van der Waals surface area contributed by atoms with Gasteiger partial charge in [-0.3, -0.25) is 4.98 Å². The zero-order valence-corrected chi connectivity index (χ0v) is 15.6. The van der Waals surface area contributed by atoms with Crippen LogP contribution in [0.15, 0.2) is 36.7 Å². The van der Waals surface area contributed by atoms with Crippen molar-refractivity contribution in [2.75, 3.05) is 37.6 Å². The molecule has 1 aliphatic rings. The number of alkyl halides is 3. The Bertz CT molecular complexity index is 938. The summed E-state index contributed by atoms with van der Waals surface area (Å²) in [6, 6.07) is 4.02. The van der Waals surface area contributed by atoms with Crippen LogP contribution in [0.4, 0.5) is 32.4 Å². The van der Waals surface area contributed by atoms with Crippen LogP contribution in [-0.4, -0.2) is 48.6 Å². The lowest BCUT2D eigenvalue weighted by molar-refractivity contribution is -0.137. The minimum atomic E-state index is -4.40. The Balaban J connectivity index is 1.47. The number of nitrogens with zero attached hydrogens (tertiary/aromatic N) is 3. The Morgan fingerprint density at radius 2 is 1.63 bits per heavy atom. The molecule has 0 aliphatic carbocycles. The molecule has 1 saturated heterocycles. The monoisotopic (exact) mass is 424 g/mol. The maximum absolute atomic E-state index is 13.8. The van der Waals surface area contributed by atoms with Gasteiger partial charge in [-0.25, -0.2) is 13.6 Å². The topological polar surface area (TPSA) is 48.5 Å². The number of carbonyl (C=O) groups excluding carboxylic acids is 1. The maximum Gasteiger partial charge on any atom is 0.416 e. The molecule has 1 aromatic carbocycles. The first-order chi connectivity index (χ1) is 14.3. The van der Waals surface area contributed by atoms with Gasteiger partial charge in [0, 0.05) is 31.7 Å². The lowest BCUT2D eigenvalue weighted by Gasteiger charge is -2.36. The molecule has 1 aromatic heterocycles. The fraction of sp³-hybridized carbons (Fsp3) is 0.300. The molecule has 1 N–H and O–H groups in total. The number of aromatic nitrogens is 1. The number of benzene rings is 1. The van der Waals surface area contributed by atoms with E-state index in [9.17, 15) is 26.7 Å². The third kappa shape index (κ3) is 5.17. The second-order valence-electron chi connectivity index (χ2n) is 6.46. The summed E-state index contributed by atoms with van der Waals surface area (Å²) in [5, 5.41) is 2.59. The molecule has 1 fully saturated rings. The molecule has 2 aromatic rings. The number of urea groups is 1. The van der Waals surface area contributed by atoms with Crippen molar-refractivity contribution in [2.24, 2.45) is 0 Å². The highest BCUT2D eigenvalue weighted by Gasteiger charge is 2.29. The first-order valence-corrected chi connectivity index (χ1v) is 8.98. The van der Waals surface area contributed by atoms with Crippen LogP contribution in [0, 0.1) is 23.5 Å². The summed E-state index contributed by atoms with van der Waals surface area (Å²) < 4.78 is 65.2. The van der Waals surface area contributed by atoms with Crippen LogP contribution in [-0.2, 0) is 6.18 Å². The predicted molar refractivity (Wildman–Crippen MR) is 99.7 cm³/mol. The predicted octanol–water partition coefficient (Wildman–Crippen LogP) is 3.26. The minimum absolute atomic E-state index is 0.00762. The lowest BCUT2D eigenvalue weighted by atomic mass is 10.1. The van der Waals surface area contributed by atoms with Gasteiger partial charge in [0.15, 0.2) is 11.6 Å². The van der Waals surface area contributed by atoms with Crippen LogP contribution >= 0.6 is 0 Å². The Kier molecular flexibility index (Phi) is 6.40. The smallest absolute Gasteiger partial charge is 0.363 e.